The maximum atomic E-state index is 13.7. The molecule has 1 aliphatic heterocycles. The van der Waals surface area contributed by atoms with Crippen molar-refractivity contribution in [1.29, 1.82) is 5.26 Å². The summed E-state index contributed by atoms with van der Waals surface area (Å²) in [6.07, 6.45) is 0.412. The number of benzene rings is 2. The van der Waals surface area contributed by atoms with Crippen LogP contribution in [0.1, 0.15) is 39.6 Å². The van der Waals surface area contributed by atoms with E-state index in [0.717, 1.165) is 5.56 Å². The van der Waals surface area contributed by atoms with Crippen LogP contribution in [-0.2, 0) is 17.8 Å². The number of nitrogens with zero attached hydrogens (tertiary/aromatic N) is 4. The summed E-state index contributed by atoms with van der Waals surface area (Å²) >= 11 is 5.93. The summed E-state index contributed by atoms with van der Waals surface area (Å²) in [7, 11) is 0. The lowest BCUT2D eigenvalue weighted by Crippen LogP contribution is -2.43. The van der Waals surface area contributed by atoms with Crippen LogP contribution in [0.5, 0.6) is 0 Å². The van der Waals surface area contributed by atoms with Crippen LogP contribution in [0.25, 0.3) is 11.3 Å². The van der Waals surface area contributed by atoms with Crippen LogP contribution in [0.3, 0.4) is 0 Å². The third-order valence-corrected chi connectivity index (χ3v) is 6.11. The summed E-state index contributed by atoms with van der Waals surface area (Å²) in [5.74, 6) is -1.52. The number of aliphatic hydroxyl groups excluding tert-OH is 1. The van der Waals surface area contributed by atoms with Gasteiger partial charge in [0.2, 0.25) is 5.91 Å². The first-order valence-corrected chi connectivity index (χ1v) is 10.9. The van der Waals surface area contributed by atoms with Crippen LogP contribution < -0.4 is 5.73 Å². The predicted molar refractivity (Wildman–Crippen MR) is 122 cm³/mol. The summed E-state index contributed by atoms with van der Waals surface area (Å²) in [4.78, 5) is 27.2. The Morgan fingerprint density at radius 3 is 2.62 bits per heavy atom. The number of nitrogens with two attached hydrogens (primary N) is 1. The first-order valence-electron chi connectivity index (χ1n) is 10.6. The van der Waals surface area contributed by atoms with E-state index in [1.165, 1.54) is 18.2 Å². The van der Waals surface area contributed by atoms with Gasteiger partial charge in [-0.15, -0.1) is 0 Å². The Labute approximate surface area is 200 Å². The standard InChI is InChI=1S/C24H21ClFN5O3/c25-18-10-16(5-6-19(18)26)23-22(24(28)34)20-13-30(12-17(7-8-32)31(20)29-23)21(33)9-14-1-3-15(11-27)4-2-14/h1-6,10,17,32H,7-9,12-13H2,(H2,28,34). The Balaban J connectivity index is 1.70. The quantitative estimate of drug-likeness (QED) is 0.560. The molecule has 4 rings (SSSR count). The molecule has 3 aromatic rings. The number of carbonyl (C=O) groups excluding carboxylic acids is 2. The summed E-state index contributed by atoms with van der Waals surface area (Å²) in [6, 6.07) is 12.4. The minimum atomic E-state index is -0.735. The van der Waals surface area contributed by atoms with E-state index in [1.54, 1.807) is 33.8 Å². The van der Waals surface area contributed by atoms with Gasteiger partial charge in [0.05, 0.1) is 46.9 Å². The lowest BCUT2D eigenvalue weighted by atomic mass is 10.0. The second-order valence-electron chi connectivity index (χ2n) is 8.03. The minimum absolute atomic E-state index is 0.0945. The van der Waals surface area contributed by atoms with Gasteiger partial charge < -0.3 is 15.7 Å². The van der Waals surface area contributed by atoms with Crippen molar-refractivity contribution < 1.29 is 19.1 Å². The number of aromatic nitrogens is 2. The highest BCUT2D eigenvalue weighted by Gasteiger charge is 2.34. The molecule has 1 aliphatic rings. The van der Waals surface area contributed by atoms with Gasteiger partial charge in [-0.25, -0.2) is 4.39 Å². The summed E-state index contributed by atoms with van der Waals surface area (Å²) < 4.78 is 15.3. The molecule has 1 atom stereocenters. The van der Waals surface area contributed by atoms with Crippen molar-refractivity contribution in [1.82, 2.24) is 14.7 Å². The van der Waals surface area contributed by atoms with Gasteiger partial charge in [0.15, 0.2) is 0 Å². The smallest absolute Gasteiger partial charge is 0.252 e. The average Bonchev–Trinajstić information content (AvgIpc) is 3.21. The fraction of sp³-hybridized carbons (Fsp3) is 0.250. The first-order chi connectivity index (χ1) is 16.3. The molecule has 0 bridgehead atoms. The zero-order chi connectivity index (χ0) is 24.4. The number of halogens is 2. The largest absolute Gasteiger partial charge is 0.396 e. The van der Waals surface area contributed by atoms with Gasteiger partial charge in [0.25, 0.3) is 5.91 Å². The van der Waals surface area contributed by atoms with Gasteiger partial charge in [-0.05, 0) is 42.3 Å². The Bertz CT molecular complexity index is 1300. The number of primary amides is 1. The number of hydrogen-bond donors (Lipinski definition) is 2. The molecule has 2 aromatic carbocycles. The third-order valence-electron chi connectivity index (χ3n) is 5.82. The molecule has 2 amide bonds. The molecule has 0 saturated heterocycles. The molecule has 10 heteroatoms. The van der Waals surface area contributed by atoms with E-state index in [2.05, 4.69) is 5.10 Å². The fourth-order valence-electron chi connectivity index (χ4n) is 4.14. The Kier molecular flexibility index (Phi) is 6.63. The van der Waals surface area contributed by atoms with E-state index in [0.29, 0.717) is 23.2 Å². The van der Waals surface area contributed by atoms with Gasteiger partial charge in [-0.3, -0.25) is 14.3 Å². The Hall–Kier alpha value is -3.74. The molecule has 0 saturated carbocycles. The highest BCUT2D eigenvalue weighted by atomic mass is 35.5. The molecule has 34 heavy (non-hydrogen) atoms. The number of fused-ring (bicyclic) bond motifs is 1. The van der Waals surface area contributed by atoms with E-state index >= 15 is 0 Å². The van der Waals surface area contributed by atoms with Crippen LogP contribution in [0.4, 0.5) is 4.39 Å². The van der Waals surface area contributed by atoms with E-state index < -0.39 is 11.7 Å². The van der Waals surface area contributed by atoms with Crippen LogP contribution in [0.2, 0.25) is 5.02 Å². The molecule has 1 unspecified atom stereocenters. The highest BCUT2D eigenvalue weighted by molar-refractivity contribution is 6.31. The SMILES string of the molecule is N#Cc1ccc(CC(=O)N2Cc3c(C(N)=O)c(-c4ccc(F)c(Cl)c4)nn3C(CCO)C2)cc1. The second kappa shape index (κ2) is 9.63. The monoisotopic (exact) mass is 481 g/mol. The van der Waals surface area contributed by atoms with Crippen molar-refractivity contribution in [2.75, 3.05) is 13.2 Å². The van der Waals surface area contributed by atoms with E-state index in [1.807, 2.05) is 6.07 Å². The van der Waals surface area contributed by atoms with Gasteiger partial charge in [0, 0.05) is 18.7 Å². The molecule has 0 aliphatic carbocycles. The zero-order valence-electron chi connectivity index (χ0n) is 18.0. The molecule has 1 aromatic heterocycles. The molecule has 2 heterocycles. The predicted octanol–water partition coefficient (Wildman–Crippen LogP) is 2.82. The van der Waals surface area contributed by atoms with E-state index in [-0.39, 0.29) is 54.3 Å². The average molecular weight is 482 g/mol. The minimum Gasteiger partial charge on any atom is -0.396 e. The molecular weight excluding hydrogens is 461 g/mol. The first kappa shape index (κ1) is 23.4. The van der Waals surface area contributed by atoms with Crippen molar-refractivity contribution in [3.8, 4) is 17.3 Å². The molecule has 0 fully saturated rings. The number of amides is 2. The molecule has 0 spiro atoms. The Morgan fingerprint density at radius 2 is 2.00 bits per heavy atom. The fourth-order valence-corrected chi connectivity index (χ4v) is 4.32. The van der Waals surface area contributed by atoms with Crippen molar-refractivity contribution in [2.45, 2.75) is 25.4 Å². The summed E-state index contributed by atoms with van der Waals surface area (Å²) in [5, 5.41) is 23.0. The number of hydrogen-bond acceptors (Lipinski definition) is 5. The van der Waals surface area contributed by atoms with Crippen molar-refractivity contribution in [3.63, 3.8) is 0 Å². The van der Waals surface area contributed by atoms with Gasteiger partial charge in [0.1, 0.15) is 11.5 Å². The zero-order valence-corrected chi connectivity index (χ0v) is 18.8. The highest BCUT2D eigenvalue weighted by Crippen LogP contribution is 2.34. The molecule has 3 N–H and O–H groups in total. The van der Waals surface area contributed by atoms with Crippen LogP contribution in [-0.4, -0.2) is 44.8 Å². The van der Waals surface area contributed by atoms with E-state index in [4.69, 9.17) is 22.6 Å². The maximum absolute atomic E-state index is 13.7. The maximum Gasteiger partial charge on any atom is 0.252 e. The van der Waals surface area contributed by atoms with Crippen LogP contribution >= 0.6 is 11.6 Å². The van der Waals surface area contributed by atoms with Gasteiger partial charge in [-0.1, -0.05) is 23.7 Å². The number of carbonyl (C=O) groups is 2. The van der Waals surface area contributed by atoms with Crippen molar-refractivity contribution >= 4 is 23.4 Å². The number of aliphatic hydroxyl groups is 1. The topological polar surface area (TPSA) is 125 Å². The molecular formula is C24H21ClFN5O3. The Morgan fingerprint density at radius 1 is 1.26 bits per heavy atom. The summed E-state index contributed by atoms with van der Waals surface area (Å²) in [5.41, 5.74) is 8.18. The van der Waals surface area contributed by atoms with Gasteiger partial charge >= 0.3 is 0 Å². The number of rotatable bonds is 6. The van der Waals surface area contributed by atoms with Crippen molar-refractivity contribution in [2.24, 2.45) is 5.73 Å². The van der Waals surface area contributed by atoms with Gasteiger partial charge in [-0.2, -0.15) is 10.4 Å². The lowest BCUT2D eigenvalue weighted by molar-refractivity contribution is -0.132. The van der Waals surface area contributed by atoms with E-state index in [9.17, 15) is 19.1 Å². The molecule has 8 nitrogen and oxygen atoms in total. The van der Waals surface area contributed by atoms with Crippen LogP contribution in [0, 0.1) is 17.1 Å². The summed E-state index contributed by atoms with van der Waals surface area (Å²) in [6.45, 7) is 0.231. The molecule has 174 valence electrons. The van der Waals surface area contributed by atoms with Crippen LogP contribution in [0.15, 0.2) is 42.5 Å². The normalized spacial score (nSPS) is 15.0. The number of nitriles is 1. The van der Waals surface area contributed by atoms with Crippen molar-refractivity contribution in [3.05, 3.63) is 75.7 Å². The third kappa shape index (κ3) is 4.51. The molecule has 0 radical (unpaired) electrons. The second-order valence-corrected chi connectivity index (χ2v) is 8.44. The lowest BCUT2D eigenvalue weighted by Gasteiger charge is -2.34.